The molecule has 1 aromatic carbocycles. The van der Waals surface area contributed by atoms with Crippen molar-refractivity contribution in [3.8, 4) is 5.75 Å². The van der Waals surface area contributed by atoms with Gasteiger partial charge in [-0.2, -0.15) is 0 Å². The van der Waals surface area contributed by atoms with Gasteiger partial charge in [-0.05, 0) is 25.7 Å². The third kappa shape index (κ3) is 2.49. The van der Waals surface area contributed by atoms with Gasteiger partial charge in [0.25, 0.3) is 0 Å². The molecule has 2 heterocycles. The van der Waals surface area contributed by atoms with Crippen LogP contribution in [0.25, 0.3) is 10.9 Å². The summed E-state index contributed by atoms with van der Waals surface area (Å²) in [5, 5.41) is 7.93. The van der Waals surface area contributed by atoms with Crippen LogP contribution < -0.4 is 15.1 Å². The molecule has 6 nitrogen and oxygen atoms in total. The normalized spacial score (nSPS) is 17.1. The summed E-state index contributed by atoms with van der Waals surface area (Å²) in [5.74, 6) is -4.61. The molecule has 1 saturated heterocycles. The molecule has 0 amide bonds. The van der Waals surface area contributed by atoms with Crippen LogP contribution in [0.3, 0.4) is 0 Å². The summed E-state index contributed by atoms with van der Waals surface area (Å²) < 4.78 is 50.3. The topological polar surface area (TPSA) is 71.8 Å². The molecule has 0 atom stereocenters. The lowest BCUT2D eigenvalue weighted by Crippen LogP contribution is -2.24. The van der Waals surface area contributed by atoms with Gasteiger partial charge in [-0.1, -0.05) is 0 Å². The fraction of sp³-hybridized carbons (Fsp3) is 0.412. The van der Waals surface area contributed by atoms with Gasteiger partial charge < -0.3 is 19.3 Å². The summed E-state index contributed by atoms with van der Waals surface area (Å²) in [5.41, 5.74) is -2.02. The predicted octanol–water partition coefficient (Wildman–Crippen LogP) is 3.41. The Bertz CT molecular complexity index is 979. The first-order valence-corrected chi connectivity index (χ1v) is 8.31. The first kappa shape index (κ1) is 16.7. The predicted molar refractivity (Wildman–Crippen MR) is 86.5 cm³/mol. The van der Waals surface area contributed by atoms with Gasteiger partial charge in [0.2, 0.25) is 5.43 Å². The molecular formula is C17H15F3N2O4. The number of benzene rings is 1. The molecule has 2 fully saturated rings. The number of nitrogens with zero attached hydrogens (tertiary/aromatic N) is 2. The van der Waals surface area contributed by atoms with Gasteiger partial charge in [-0.15, -0.1) is 0 Å². The maximum Gasteiger partial charge on any atom is 0.511 e. The summed E-state index contributed by atoms with van der Waals surface area (Å²) in [6.07, 6.45) is 2.08. The van der Waals surface area contributed by atoms with Gasteiger partial charge in [0.1, 0.15) is 5.69 Å². The minimum Gasteiger partial charge on any atom is -0.449 e. The average Bonchev–Trinajstić information content (AvgIpc) is 3.30. The smallest absolute Gasteiger partial charge is 0.449 e. The number of carbonyl (C=O) groups is 1. The zero-order valence-electron chi connectivity index (χ0n) is 13.6. The monoisotopic (exact) mass is 368 g/mol. The van der Waals surface area contributed by atoms with Crippen molar-refractivity contribution < 1.29 is 27.8 Å². The van der Waals surface area contributed by atoms with Crippen molar-refractivity contribution in [3.63, 3.8) is 0 Å². The molecule has 1 aliphatic carbocycles. The van der Waals surface area contributed by atoms with E-state index >= 15 is 4.39 Å². The molecule has 0 bridgehead atoms. The fourth-order valence-corrected chi connectivity index (χ4v) is 3.48. The Morgan fingerprint density at radius 2 is 1.77 bits per heavy atom. The van der Waals surface area contributed by atoms with Gasteiger partial charge in [0, 0.05) is 19.1 Å². The van der Waals surface area contributed by atoms with Gasteiger partial charge >= 0.3 is 6.16 Å². The van der Waals surface area contributed by atoms with Crippen molar-refractivity contribution >= 4 is 22.7 Å². The number of carboxylic acid groups (broad SMARTS) is 1. The Balaban J connectivity index is 2.07. The lowest BCUT2D eigenvalue weighted by molar-refractivity contribution is 0.143. The number of pyridine rings is 1. The summed E-state index contributed by atoms with van der Waals surface area (Å²) >= 11 is 0. The minimum atomic E-state index is -1.76. The Morgan fingerprint density at radius 3 is 2.35 bits per heavy atom. The van der Waals surface area contributed by atoms with Crippen molar-refractivity contribution in [2.45, 2.75) is 31.7 Å². The molecule has 2 aromatic rings. The quantitative estimate of drug-likeness (QED) is 0.664. The highest BCUT2D eigenvalue weighted by molar-refractivity contribution is 5.86. The van der Waals surface area contributed by atoms with Crippen LogP contribution in [-0.2, 0) is 0 Å². The first-order chi connectivity index (χ1) is 12.4. The van der Waals surface area contributed by atoms with Crippen molar-refractivity contribution in [3.05, 3.63) is 33.9 Å². The number of halogens is 3. The summed E-state index contributed by atoms with van der Waals surface area (Å²) in [6.45, 7) is 0.791. The van der Waals surface area contributed by atoms with E-state index in [-0.39, 0.29) is 11.6 Å². The van der Waals surface area contributed by atoms with Crippen LogP contribution in [0.1, 0.15) is 31.7 Å². The molecule has 0 radical (unpaired) electrons. The maximum atomic E-state index is 15.2. The molecule has 1 saturated carbocycles. The summed E-state index contributed by atoms with van der Waals surface area (Å²) in [7, 11) is 0. The number of rotatable bonds is 3. The van der Waals surface area contributed by atoms with Crippen LogP contribution in [0.4, 0.5) is 23.7 Å². The van der Waals surface area contributed by atoms with Gasteiger partial charge in [-0.3, -0.25) is 4.79 Å². The average molecular weight is 368 g/mol. The fourth-order valence-electron chi connectivity index (χ4n) is 3.48. The second kappa shape index (κ2) is 5.93. The molecule has 26 heavy (non-hydrogen) atoms. The number of fused-ring (bicyclic) bond motifs is 1. The van der Waals surface area contributed by atoms with E-state index in [1.54, 1.807) is 0 Å². The third-order valence-corrected chi connectivity index (χ3v) is 4.80. The van der Waals surface area contributed by atoms with E-state index in [1.165, 1.54) is 9.47 Å². The Morgan fingerprint density at radius 1 is 1.12 bits per heavy atom. The highest BCUT2D eigenvalue weighted by atomic mass is 19.2. The maximum absolute atomic E-state index is 15.2. The Kier molecular flexibility index (Phi) is 3.82. The molecule has 0 unspecified atom stereocenters. The zero-order chi connectivity index (χ0) is 18.6. The molecule has 1 aromatic heterocycles. The van der Waals surface area contributed by atoms with Gasteiger partial charge in [-0.25, -0.2) is 18.0 Å². The second-order valence-electron chi connectivity index (χ2n) is 6.54. The number of hydrogen-bond donors (Lipinski definition) is 1. The summed E-state index contributed by atoms with van der Waals surface area (Å²) in [4.78, 5) is 24.6. The highest BCUT2D eigenvalue weighted by Crippen LogP contribution is 2.41. The van der Waals surface area contributed by atoms with E-state index < -0.39 is 45.9 Å². The number of ether oxygens (including phenoxy) is 1. The van der Waals surface area contributed by atoms with Crippen LogP contribution in [0.15, 0.2) is 11.0 Å². The van der Waals surface area contributed by atoms with Crippen LogP contribution in [0.5, 0.6) is 5.75 Å². The highest BCUT2D eigenvalue weighted by Gasteiger charge is 2.33. The third-order valence-electron chi connectivity index (χ3n) is 4.80. The van der Waals surface area contributed by atoms with E-state index in [0.29, 0.717) is 25.9 Å². The molecule has 138 valence electrons. The van der Waals surface area contributed by atoms with Crippen LogP contribution in [0, 0.1) is 17.5 Å². The van der Waals surface area contributed by atoms with E-state index in [1.807, 2.05) is 0 Å². The van der Waals surface area contributed by atoms with E-state index in [0.717, 1.165) is 19.0 Å². The van der Waals surface area contributed by atoms with Crippen LogP contribution in [0.2, 0.25) is 0 Å². The van der Waals surface area contributed by atoms with Gasteiger partial charge in [0.15, 0.2) is 23.2 Å². The molecule has 0 spiro atoms. The molecule has 4 rings (SSSR count). The SMILES string of the molecule is O=C(O)Oc1cn(C2CC2)c2c(F)c(N3CCCC3)c(F)c(F)c2c1=O. The number of anilines is 1. The molecule has 1 N–H and O–H groups in total. The Hall–Kier alpha value is -2.71. The molecular weight excluding hydrogens is 353 g/mol. The number of hydrogen-bond acceptors (Lipinski definition) is 4. The summed E-state index contributed by atoms with van der Waals surface area (Å²) in [6, 6.07) is -0.222. The van der Waals surface area contributed by atoms with Crippen molar-refractivity contribution in [1.29, 1.82) is 0 Å². The first-order valence-electron chi connectivity index (χ1n) is 8.31. The largest absolute Gasteiger partial charge is 0.511 e. The standard InChI is InChI=1S/C17H15F3N2O4/c18-11-10-14(13(20)15(12(11)19)21-5-1-2-6-21)22(8-3-4-8)7-9(16(10)23)26-17(24)25/h7-8H,1-6H2,(H,24,25). The molecule has 9 heteroatoms. The molecule has 1 aliphatic heterocycles. The van der Waals surface area contributed by atoms with Crippen LogP contribution >= 0.6 is 0 Å². The second-order valence-corrected chi connectivity index (χ2v) is 6.54. The van der Waals surface area contributed by atoms with Crippen molar-refractivity contribution in [2.24, 2.45) is 0 Å². The van der Waals surface area contributed by atoms with E-state index in [9.17, 15) is 18.4 Å². The number of aromatic nitrogens is 1. The zero-order valence-corrected chi connectivity index (χ0v) is 13.6. The minimum absolute atomic E-state index is 0.222. The Labute approximate surface area is 145 Å². The van der Waals surface area contributed by atoms with E-state index in [4.69, 9.17) is 5.11 Å². The lowest BCUT2D eigenvalue weighted by atomic mass is 10.1. The van der Waals surface area contributed by atoms with Gasteiger partial charge in [0.05, 0.1) is 17.1 Å². The van der Waals surface area contributed by atoms with Crippen LogP contribution in [-0.4, -0.2) is 28.9 Å². The van der Waals surface area contributed by atoms with E-state index in [2.05, 4.69) is 4.74 Å². The molecule has 2 aliphatic rings. The lowest BCUT2D eigenvalue weighted by Gasteiger charge is -2.22. The van der Waals surface area contributed by atoms with Crippen molar-refractivity contribution in [2.75, 3.05) is 18.0 Å². The van der Waals surface area contributed by atoms with Crippen molar-refractivity contribution in [1.82, 2.24) is 4.57 Å².